The van der Waals surface area contributed by atoms with Gasteiger partial charge in [0.25, 0.3) is 0 Å². The quantitative estimate of drug-likeness (QED) is 0.907. The van der Waals surface area contributed by atoms with Crippen LogP contribution >= 0.6 is 15.9 Å². The Kier molecular flexibility index (Phi) is 4.40. The smallest absolute Gasteiger partial charge is 0.160 e. The van der Waals surface area contributed by atoms with E-state index in [2.05, 4.69) is 20.8 Å². The van der Waals surface area contributed by atoms with Crippen molar-refractivity contribution in [1.29, 1.82) is 0 Å². The van der Waals surface area contributed by atoms with Crippen LogP contribution in [0.3, 0.4) is 0 Å². The first-order valence-corrected chi connectivity index (χ1v) is 6.95. The van der Waals surface area contributed by atoms with Crippen LogP contribution in [-0.2, 0) is 6.54 Å². The summed E-state index contributed by atoms with van der Waals surface area (Å²) >= 11 is 3.30. The summed E-state index contributed by atoms with van der Waals surface area (Å²) < 4.78 is 14.7. The predicted molar refractivity (Wildman–Crippen MR) is 72.7 cm³/mol. The van der Waals surface area contributed by atoms with Crippen molar-refractivity contribution in [2.24, 2.45) is 5.73 Å². The predicted octanol–water partition coefficient (Wildman–Crippen LogP) is 3.43. The molecule has 0 radical (unpaired) electrons. The van der Waals surface area contributed by atoms with E-state index < -0.39 is 0 Å². The number of anilines is 1. The van der Waals surface area contributed by atoms with E-state index in [-0.39, 0.29) is 5.82 Å². The van der Waals surface area contributed by atoms with E-state index >= 15 is 0 Å². The van der Waals surface area contributed by atoms with Crippen molar-refractivity contribution in [3.8, 4) is 0 Å². The molecule has 1 aromatic carbocycles. The van der Waals surface area contributed by atoms with Crippen LogP contribution in [0.25, 0.3) is 0 Å². The third-order valence-corrected chi connectivity index (χ3v) is 4.17. The highest BCUT2D eigenvalue weighted by Crippen LogP contribution is 2.30. The Morgan fingerprint density at radius 3 is 2.41 bits per heavy atom. The zero-order valence-electron chi connectivity index (χ0n) is 9.88. The molecule has 2 nitrogen and oxygen atoms in total. The van der Waals surface area contributed by atoms with Crippen LogP contribution in [0.15, 0.2) is 16.6 Å². The first-order chi connectivity index (χ1) is 8.24. The minimum Gasteiger partial charge on any atom is -0.369 e. The fourth-order valence-corrected chi connectivity index (χ4v) is 2.79. The Morgan fingerprint density at radius 1 is 1.18 bits per heavy atom. The van der Waals surface area contributed by atoms with Gasteiger partial charge in [-0.3, -0.25) is 0 Å². The van der Waals surface area contributed by atoms with E-state index in [1.807, 2.05) is 12.1 Å². The molecule has 1 aliphatic heterocycles. The lowest BCUT2D eigenvalue weighted by atomic mass is 10.1. The summed E-state index contributed by atoms with van der Waals surface area (Å²) in [6, 6.07) is 3.76. The number of nitrogens with zero attached hydrogens (tertiary/aromatic N) is 1. The van der Waals surface area contributed by atoms with Gasteiger partial charge in [0.2, 0.25) is 0 Å². The van der Waals surface area contributed by atoms with Crippen LogP contribution in [0.5, 0.6) is 0 Å². The molecule has 2 N–H and O–H groups in total. The summed E-state index contributed by atoms with van der Waals surface area (Å²) in [5.41, 5.74) is 7.09. The van der Waals surface area contributed by atoms with Crippen molar-refractivity contribution in [3.05, 3.63) is 28.0 Å². The van der Waals surface area contributed by atoms with Gasteiger partial charge >= 0.3 is 0 Å². The van der Waals surface area contributed by atoms with Crippen molar-refractivity contribution in [3.63, 3.8) is 0 Å². The lowest BCUT2D eigenvalue weighted by Crippen LogP contribution is -2.25. The minimum absolute atomic E-state index is 0.171. The standard InChI is InChI=1S/C13H18BrFN2/c14-12-10(9-16)5-6-11(13(12)15)17-7-3-1-2-4-8-17/h5-6H,1-4,7-9,16H2. The summed E-state index contributed by atoms with van der Waals surface area (Å²) in [5, 5.41) is 0. The molecule has 0 bridgehead atoms. The maximum atomic E-state index is 14.2. The Balaban J connectivity index is 2.28. The van der Waals surface area contributed by atoms with Gasteiger partial charge in [-0.05, 0) is 40.4 Å². The van der Waals surface area contributed by atoms with E-state index in [1.165, 1.54) is 12.8 Å². The summed E-state index contributed by atoms with van der Waals surface area (Å²) in [7, 11) is 0. The maximum Gasteiger partial charge on any atom is 0.160 e. The Morgan fingerprint density at radius 2 is 1.82 bits per heavy atom. The summed E-state index contributed by atoms with van der Waals surface area (Å²) in [5.74, 6) is -0.171. The van der Waals surface area contributed by atoms with E-state index in [4.69, 9.17) is 5.73 Å². The number of rotatable bonds is 2. The number of benzene rings is 1. The molecule has 2 rings (SSSR count). The summed E-state index contributed by atoms with van der Waals surface area (Å²) in [4.78, 5) is 2.15. The van der Waals surface area contributed by atoms with Gasteiger partial charge in [-0.2, -0.15) is 0 Å². The molecule has 0 spiro atoms. The molecule has 1 heterocycles. The highest BCUT2D eigenvalue weighted by Gasteiger charge is 2.17. The molecule has 0 atom stereocenters. The first kappa shape index (κ1) is 12.8. The number of nitrogens with two attached hydrogens (primary N) is 1. The average Bonchev–Trinajstić information content (AvgIpc) is 2.61. The van der Waals surface area contributed by atoms with Crippen molar-refractivity contribution in [1.82, 2.24) is 0 Å². The van der Waals surface area contributed by atoms with Gasteiger partial charge in [0.05, 0.1) is 10.2 Å². The van der Waals surface area contributed by atoms with Crippen molar-refractivity contribution in [2.45, 2.75) is 32.2 Å². The Labute approximate surface area is 110 Å². The Hall–Kier alpha value is -0.610. The molecule has 17 heavy (non-hydrogen) atoms. The van der Waals surface area contributed by atoms with Gasteiger partial charge in [0.1, 0.15) is 0 Å². The zero-order valence-corrected chi connectivity index (χ0v) is 11.5. The monoisotopic (exact) mass is 300 g/mol. The van der Waals surface area contributed by atoms with Gasteiger partial charge in [0, 0.05) is 19.6 Å². The number of halogens is 2. The second-order valence-corrected chi connectivity index (χ2v) is 5.27. The van der Waals surface area contributed by atoms with E-state index in [0.29, 0.717) is 16.7 Å². The largest absolute Gasteiger partial charge is 0.369 e. The van der Waals surface area contributed by atoms with E-state index in [9.17, 15) is 4.39 Å². The lowest BCUT2D eigenvalue weighted by Gasteiger charge is -2.24. The second kappa shape index (κ2) is 5.83. The fraction of sp³-hybridized carbons (Fsp3) is 0.538. The SMILES string of the molecule is NCc1ccc(N2CCCCCC2)c(F)c1Br. The minimum atomic E-state index is -0.171. The molecule has 0 aliphatic carbocycles. The average molecular weight is 301 g/mol. The molecular weight excluding hydrogens is 283 g/mol. The van der Waals surface area contributed by atoms with E-state index in [0.717, 1.165) is 31.5 Å². The van der Waals surface area contributed by atoms with Crippen molar-refractivity contribution < 1.29 is 4.39 Å². The molecule has 0 amide bonds. The second-order valence-electron chi connectivity index (χ2n) is 4.48. The van der Waals surface area contributed by atoms with Gasteiger partial charge in [-0.1, -0.05) is 18.9 Å². The fourth-order valence-electron chi connectivity index (χ4n) is 2.29. The molecule has 94 valence electrons. The molecule has 1 saturated heterocycles. The van der Waals surface area contributed by atoms with E-state index in [1.54, 1.807) is 0 Å². The molecule has 4 heteroatoms. The lowest BCUT2D eigenvalue weighted by molar-refractivity contribution is 0.608. The zero-order chi connectivity index (χ0) is 12.3. The molecule has 0 aromatic heterocycles. The third-order valence-electron chi connectivity index (χ3n) is 3.31. The molecular formula is C13H18BrFN2. The molecule has 1 fully saturated rings. The maximum absolute atomic E-state index is 14.2. The van der Waals surface area contributed by atoms with Crippen LogP contribution in [0.2, 0.25) is 0 Å². The highest BCUT2D eigenvalue weighted by molar-refractivity contribution is 9.10. The summed E-state index contributed by atoms with van der Waals surface area (Å²) in [6.45, 7) is 2.26. The van der Waals surface area contributed by atoms with Gasteiger partial charge in [-0.15, -0.1) is 0 Å². The van der Waals surface area contributed by atoms with Gasteiger partial charge in [0.15, 0.2) is 5.82 Å². The van der Waals surface area contributed by atoms with Gasteiger partial charge < -0.3 is 10.6 Å². The van der Waals surface area contributed by atoms with Crippen LogP contribution in [-0.4, -0.2) is 13.1 Å². The van der Waals surface area contributed by atoms with Crippen molar-refractivity contribution >= 4 is 21.6 Å². The number of hydrogen-bond acceptors (Lipinski definition) is 2. The van der Waals surface area contributed by atoms with Gasteiger partial charge in [-0.25, -0.2) is 4.39 Å². The first-order valence-electron chi connectivity index (χ1n) is 6.16. The number of hydrogen-bond donors (Lipinski definition) is 1. The van der Waals surface area contributed by atoms with Crippen molar-refractivity contribution in [2.75, 3.05) is 18.0 Å². The highest BCUT2D eigenvalue weighted by atomic mass is 79.9. The van der Waals surface area contributed by atoms with Crippen LogP contribution in [0.4, 0.5) is 10.1 Å². The molecule has 0 saturated carbocycles. The Bertz CT molecular complexity index is 387. The summed E-state index contributed by atoms with van der Waals surface area (Å²) in [6.07, 6.45) is 4.80. The third kappa shape index (κ3) is 2.80. The normalized spacial score (nSPS) is 17.0. The topological polar surface area (TPSA) is 29.3 Å². The molecule has 1 aromatic rings. The van der Waals surface area contributed by atoms with Crippen LogP contribution in [0, 0.1) is 5.82 Å². The molecule has 0 unspecified atom stereocenters. The van der Waals surface area contributed by atoms with Crippen LogP contribution < -0.4 is 10.6 Å². The molecule has 1 aliphatic rings. The van der Waals surface area contributed by atoms with Crippen LogP contribution in [0.1, 0.15) is 31.2 Å².